The minimum absolute atomic E-state index is 0.149. The fourth-order valence-electron chi connectivity index (χ4n) is 8.18. The predicted molar refractivity (Wildman–Crippen MR) is 261 cm³/mol. The lowest BCUT2D eigenvalue weighted by atomic mass is 9.98. The summed E-state index contributed by atoms with van der Waals surface area (Å²) in [5, 5.41) is 72.1. The molecular weight excluding hydrogens is 877 g/mol. The number of hydrogen-bond donors (Lipinski definition) is 7. The second kappa shape index (κ2) is 40.3. The van der Waals surface area contributed by atoms with Gasteiger partial charge < -0.3 is 64.2 Å². The molecule has 68 heavy (non-hydrogen) atoms. The second-order valence-electron chi connectivity index (χ2n) is 18.7. The molecule has 396 valence electrons. The van der Waals surface area contributed by atoms with Crippen LogP contribution in [0.1, 0.15) is 194 Å². The van der Waals surface area contributed by atoms with Crippen molar-refractivity contribution < 1.29 is 73.8 Å². The topological polar surface area (TPSA) is 231 Å². The largest absolute Gasteiger partial charge is 0.462 e. The highest BCUT2D eigenvalue weighted by molar-refractivity contribution is 5.70. The fourth-order valence-corrected chi connectivity index (χ4v) is 8.18. The molecule has 0 radical (unpaired) electrons. The molecule has 0 aliphatic carbocycles. The van der Waals surface area contributed by atoms with E-state index in [-0.39, 0.29) is 26.1 Å². The standard InChI is InChI=1S/C53H94O15/c1-3-5-7-9-11-13-15-17-19-20-22-23-25-27-29-31-33-35-44(55)63-38-41(66-45(56)36-34-32-30-28-26-24-21-18-16-14-12-10-8-6-4-2)39-64-52-51(62)49(60)47(58)43(68-52)40-65-53-50(61)48(59)46(57)42(37-54)67-53/h12,14,17-19,21,41-43,46-54,57-62H,3-11,13,15-16,20,22-40H2,1-2H3/b14-12+,19-17+,21-18+/t41-,42+,43+,46-,47-,48?,49?,50?,51?,52+,53+/m0/s1. The third-order valence-electron chi connectivity index (χ3n) is 12.6. The lowest BCUT2D eigenvalue weighted by Gasteiger charge is -2.42. The van der Waals surface area contributed by atoms with Gasteiger partial charge in [-0.05, 0) is 70.6 Å². The van der Waals surface area contributed by atoms with Gasteiger partial charge in [-0.15, -0.1) is 0 Å². The molecule has 11 atom stereocenters. The smallest absolute Gasteiger partial charge is 0.306 e. The van der Waals surface area contributed by atoms with Gasteiger partial charge in [0.25, 0.3) is 0 Å². The number of hydrogen-bond acceptors (Lipinski definition) is 15. The SMILES string of the molecule is CCCCC/C=C/C/C=C/CCCCCCCC(=O)O[C@@H](COC(=O)CCCCCCCCC/C=C/CCCCCCCC)CO[C@@H]1O[C@H](CO[C@@H]2O[C@H](CO)[C@H](O)C(O)C2O)[C@H](O)C(O)C1O. The zero-order chi connectivity index (χ0) is 49.6. The van der Waals surface area contributed by atoms with Crippen LogP contribution in [0, 0.1) is 0 Å². The van der Waals surface area contributed by atoms with Gasteiger partial charge in [0.2, 0.25) is 0 Å². The summed E-state index contributed by atoms with van der Waals surface area (Å²) in [4.78, 5) is 25.8. The Labute approximate surface area is 408 Å². The van der Waals surface area contributed by atoms with Gasteiger partial charge in [0, 0.05) is 12.8 Å². The van der Waals surface area contributed by atoms with Crippen LogP contribution in [0.15, 0.2) is 36.5 Å². The van der Waals surface area contributed by atoms with Crippen LogP contribution in [0.25, 0.3) is 0 Å². The average Bonchev–Trinajstić information content (AvgIpc) is 3.33. The van der Waals surface area contributed by atoms with Gasteiger partial charge in [-0.3, -0.25) is 9.59 Å². The van der Waals surface area contributed by atoms with Crippen LogP contribution in [0.2, 0.25) is 0 Å². The summed E-state index contributed by atoms with van der Waals surface area (Å²) in [6, 6.07) is 0. The van der Waals surface area contributed by atoms with Crippen LogP contribution in [0.3, 0.4) is 0 Å². The lowest BCUT2D eigenvalue weighted by molar-refractivity contribution is -0.332. The summed E-state index contributed by atoms with van der Waals surface area (Å²) in [7, 11) is 0. The maximum atomic E-state index is 13.0. The van der Waals surface area contributed by atoms with Crippen molar-refractivity contribution in [2.75, 3.05) is 26.4 Å². The Balaban J connectivity index is 1.80. The van der Waals surface area contributed by atoms with Gasteiger partial charge in [0.15, 0.2) is 18.7 Å². The van der Waals surface area contributed by atoms with Crippen LogP contribution in [-0.2, 0) is 38.0 Å². The van der Waals surface area contributed by atoms with Gasteiger partial charge >= 0.3 is 11.9 Å². The molecule has 0 amide bonds. The zero-order valence-corrected chi connectivity index (χ0v) is 41.8. The summed E-state index contributed by atoms with van der Waals surface area (Å²) in [5.74, 6) is -0.943. The molecule has 2 aliphatic rings. The van der Waals surface area contributed by atoms with Crippen LogP contribution in [0.4, 0.5) is 0 Å². The molecule has 0 aromatic rings. The third kappa shape index (κ3) is 27.9. The summed E-state index contributed by atoms with van der Waals surface area (Å²) >= 11 is 0. The highest BCUT2D eigenvalue weighted by Crippen LogP contribution is 2.26. The van der Waals surface area contributed by atoms with Gasteiger partial charge in [-0.1, -0.05) is 147 Å². The van der Waals surface area contributed by atoms with Crippen molar-refractivity contribution in [2.45, 2.75) is 261 Å². The molecule has 0 bridgehead atoms. The first-order valence-corrected chi connectivity index (χ1v) is 26.6. The number of rotatable bonds is 41. The summed E-state index contributed by atoms with van der Waals surface area (Å²) in [6.45, 7) is 2.55. The highest BCUT2D eigenvalue weighted by Gasteiger charge is 2.47. The van der Waals surface area contributed by atoms with E-state index >= 15 is 0 Å². The average molecular weight is 971 g/mol. The monoisotopic (exact) mass is 971 g/mol. The Morgan fingerprint density at radius 1 is 0.471 bits per heavy atom. The predicted octanol–water partition coefficient (Wildman–Crippen LogP) is 7.71. The number of unbranched alkanes of at least 4 members (excludes halogenated alkanes) is 21. The molecule has 0 saturated carbocycles. The number of ether oxygens (including phenoxy) is 6. The highest BCUT2D eigenvalue weighted by atomic mass is 16.7. The minimum Gasteiger partial charge on any atom is -0.462 e. The Morgan fingerprint density at radius 2 is 0.882 bits per heavy atom. The maximum absolute atomic E-state index is 13.0. The van der Waals surface area contributed by atoms with Crippen LogP contribution in [-0.4, -0.2) is 142 Å². The minimum atomic E-state index is -1.77. The zero-order valence-electron chi connectivity index (χ0n) is 41.8. The molecule has 0 aromatic heterocycles. The normalized spacial score (nSPS) is 26.0. The van der Waals surface area contributed by atoms with Gasteiger partial charge in [0.1, 0.15) is 55.4 Å². The van der Waals surface area contributed by atoms with E-state index in [9.17, 15) is 45.3 Å². The van der Waals surface area contributed by atoms with Crippen molar-refractivity contribution in [1.29, 1.82) is 0 Å². The number of aliphatic hydroxyl groups is 7. The van der Waals surface area contributed by atoms with E-state index in [1.54, 1.807) is 0 Å². The van der Waals surface area contributed by atoms with Crippen molar-refractivity contribution in [2.24, 2.45) is 0 Å². The molecule has 0 spiro atoms. The van der Waals surface area contributed by atoms with Crippen molar-refractivity contribution in [3.63, 3.8) is 0 Å². The molecule has 2 rings (SSSR count). The van der Waals surface area contributed by atoms with E-state index < -0.39 is 92.7 Å². The summed E-state index contributed by atoms with van der Waals surface area (Å²) in [6.07, 6.45) is 25.9. The van der Waals surface area contributed by atoms with Crippen molar-refractivity contribution in [3.8, 4) is 0 Å². The van der Waals surface area contributed by atoms with Gasteiger partial charge in [-0.2, -0.15) is 0 Å². The third-order valence-corrected chi connectivity index (χ3v) is 12.6. The molecule has 2 saturated heterocycles. The van der Waals surface area contributed by atoms with E-state index in [0.29, 0.717) is 12.8 Å². The summed E-state index contributed by atoms with van der Waals surface area (Å²) in [5.41, 5.74) is 0. The summed E-state index contributed by atoms with van der Waals surface area (Å²) < 4.78 is 33.6. The van der Waals surface area contributed by atoms with E-state index in [2.05, 4.69) is 50.3 Å². The molecule has 15 nitrogen and oxygen atoms in total. The Morgan fingerprint density at radius 3 is 1.41 bits per heavy atom. The first kappa shape index (κ1) is 61.8. The maximum Gasteiger partial charge on any atom is 0.306 e. The first-order valence-electron chi connectivity index (χ1n) is 26.6. The first-order chi connectivity index (χ1) is 33.0. The number of carbonyl (C=O) groups excluding carboxylic acids is 2. The van der Waals surface area contributed by atoms with Crippen molar-refractivity contribution in [1.82, 2.24) is 0 Å². The number of carbonyl (C=O) groups is 2. The van der Waals surface area contributed by atoms with Crippen molar-refractivity contribution in [3.05, 3.63) is 36.5 Å². The van der Waals surface area contributed by atoms with Gasteiger partial charge in [-0.25, -0.2) is 0 Å². The number of aliphatic hydroxyl groups excluding tert-OH is 7. The Kier molecular flexibility index (Phi) is 36.7. The van der Waals surface area contributed by atoms with Crippen molar-refractivity contribution >= 4 is 11.9 Å². The number of allylic oxidation sites excluding steroid dienone is 6. The quantitative estimate of drug-likeness (QED) is 0.0177. The molecular formula is C53H94O15. The fraction of sp³-hybridized carbons (Fsp3) is 0.849. The molecule has 2 heterocycles. The van der Waals surface area contributed by atoms with E-state index in [1.807, 2.05) is 0 Å². The molecule has 2 fully saturated rings. The molecule has 15 heteroatoms. The van der Waals surface area contributed by atoms with E-state index in [0.717, 1.165) is 70.6 Å². The van der Waals surface area contributed by atoms with Crippen LogP contribution in [0.5, 0.6) is 0 Å². The second-order valence-corrected chi connectivity index (χ2v) is 18.7. The molecule has 0 aromatic carbocycles. The Bertz CT molecular complexity index is 1330. The van der Waals surface area contributed by atoms with E-state index in [4.69, 9.17) is 28.4 Å². The lowest BCUT2D eigenvalue weighted by Crippen LogP contribution is -2.61. The van der Waals surface area contributed by atoms with E-state index in [1.165, 1.54) is 83.5 Å². The molecule has 2 aliphatic heterocycles. The van der Waals surface area contributed by atoms with Gasteiger partial charge in [0.05, 0.1) is 19.8 Å². The van der Waals surface area contributed by atoms with Crippen LogP contribution < -0.4 is 0 Å². The Hall–Kier alpha value is -2.28. The van der Waals surface area contributed by atoms with Crippen LogP contribution >= 0.6 is 0 Å². The number of esters is 2. The molecule has 7 N–H and O–H groups in total. The molecule has 4 unspecified atom stereocenters.